The Kier molecular flexibility index (Phi) is 13.3. The van der Waals surface area contributed by atoms with Gasteiger partial charge in [-0.2, -0.15) is 0 Å². The predicted octanol–water partition coefficient (Wildman–Crippen LogP) is 4.31. The van der Waals surface area contributed by atoms with Crippen LogP contribution in [0.3, 0.4) is 0 Å². The van der Waals surface area contributed by atoms with Crippen LogP contribution in [0.4, 0.5) is 0 Å². The highest BCUT2D eigenvalue weighted by molar-refractivity contribution is 6.69. The standard InChI is InChI=1S/C23H42N2O7Si/c1-28-22(26)11-9-8-10-17(24-30-3)12-13-19-18(14-15-23(27)29-2)20(25-31-4)16-21(19)32-33(5,6)7/h18-19,21H,8-16H2,1-7H3/b24-17-,25-20+/t18-,19-,21-/m1/s1. The molecule has 0 aliphatic heterocycles. The van der Waals surface area contributed by atoms with Crippen molar-refractivity contribution in [2.24, 2.45) is 22.1 Å². The maximum atomic E-state index is 11.8. The summed E-state index contributed by atoms with van der Waals surface area (Å²) in [6.07, 6.45) is 6.00. The van der Waals surface area contributed by atoms with E-state index >= 15 is 0 Å². The van der Waals surface area contributed by atoms with Gasteiger partial charge in [0.15, 0.2) is 8.32 Å². The number of hydrogen-bond donors (Lipinski definition) is 0. The normalized spacial score (nSPS) is 22.3. The Labute approximate surface area is 199 Å². The van der Waals surface area contributed by atoms with Crippen LogP contribution in [-0.2, 0) is 33.2 Å². The molecule has 10 heteroatoms. The number of ether oxygens (including phenoxy) is 2. The van der Waals surface area contributed by atoms with Crippen molar-refractivity contribution in [1.29, 1.82) is 0 Å². The molecule has 33 heavy (non-hydrogen) atoms. The van der Waals surface area contributed by atoms with E-state index in [4.69, 9.17) is 23.6 Å². The van der Waals surface area contributed by atoms with E-state index in [1.807, 2.05) is 0 Å². The molecule has 0 heterocycles. The van der Waals surface area contributed by atoms with Crippen LogP contribution >= 0.6 is 0 Å². The molecule has 0 radical (unpaired) electrons. The Morgan fingerprint density at radius 2 is 1.52 bits per heavy atom. The highest BCUT2D eigenvalue weighted by Gasteiger charge is 2.43. The molecule has 1 fully saturated rings. The molecule has 0 saturated heterocycles. The predicted molar refractivity (Wildman–Crippen MR) is 130 cm³/mol. The molecule has 0 spiro atoms. The first-order valence-corrected chi connectivity index (χ1v) is 15.1. The number of carbonyl (C=O) groups is 2. The van der Waals surface area contributed by atoms with Crippen LogP contribution in [0, 0.1) is 11.8 Å². The van der Waals surface area contributed by atoms with Gasteiger partial charge in [0.1, 0.15) is 14.2 Å². The summed E-state index contributed by atoms with van der Waals surface area (Å²) >= 11 is 0. The van der Waals surface area contributed by atoms with Crippen molar-refractivity contribution in [3.8, 4) is 0 Å². The lowest BCUT2D eigenvalue weighted by atomic mass is 9.85. The van der Waals surface area contributed by atoms with Crippen molar-refractivity contribution in [3.63, 3.8) is 0 Å². The van der Waals surface area contributed by atoms with E-state index < -0.39 is 8.32 Å². The van der Waals surface area contributed by atoms with E-state index in [2.05, 4.69) is 30.0 Å². The minimum Gasteiger partial charge on any atom is -0.469 e. The van der Waals surface area contributed by atoms with E-state index in [1.165, 1.54) is 14.2 Å². The molecule has 0 unspecified atom stereocenters. The van der Waals surface area contributed by atoms with Crippen LogP contribution in [0.25, 0.3) is 0 Å². The highest BCUT2D eigenvalue weighted by atomic mass is 28.4. The molecule has 0 aromatic carbocycles. The molecule has 1 aliphatic carbocycles. The Hall–Kier alpha value is -1.94. The fraction of sp³-hybridized carbons (Fsp3) is 0.826. The molecule has 0 amide bonds. The number of methoxy groups -OCH3 is 2. The molecule has 9 nitrogen and oxygen atoms in total. The summed E-state index contributed by atoms with van der Waals surface area (Å²) in [7, 11) is 4.10. The first-order valence-electron chi connectivity index (χ1n) is 11.6. The average molecular weight is 487 g/mol. The number of hydrogen-bond acceptors (Lipinski definition) is 9. The zero-order valence-electron chi connectivity index (χ0n) is 21.3. The van der Waals surface area contributed by atoms with Crippen LogP contribution in [-0.4, -0.2) is 66.2 Å². The van der Waals surface area contributed by atoms with Crippen molar-refractivity contribution < 1.29 is 33.2 Å². The summed E-state index contributed by atoms with van der Waals surface area (Å²) in [5.41, 5.74) is 1.90. The summed E-state index contributed by atoms with van der Waals surface area (Å²) in [4.78, 5) is 33.4. The van der Waals surface area contributed by atoms with Crippen molar-refractivity contribution in [3.05, 3.63) is 0 Å². The topological polar surface area (TPSA) is 105 Å². The van der Waals surface area contributed by atoms with Crippen LogP contribution in [0.15, 0.2) is 10.3 Å². The van der Waals surface area contributed by atoms with E-state index in [0.717, 1.165) is 43.5 Å². The third-order valence-electron chi connectivity index (χ3n) is 5.74. The van der Waals surface area contributed by atoms with Crippen LogP contribution in [0.2, 0.25) is 19.6 Å². The fourth-order valence-corrected chi connectivity index (χ4v) is 5.51. The first kappa shape index (κ1) is 29.1. The Balaban J connectivity index is 2.92. The zero-order valence-corrected chi connectivity index (χ0v) is 22.3. The lowest BCUT2D eigenvalue weighted by molar-refractivity contribution is -0.141. The smallest absolute Gasteiger partial charge is 0.305 e. The molecular formula is C23H42N2O7Si. The van der Waals surface area contributed by atoms with Crippen molar-refractivity contribution in [1.82, 2.24) is 0 Å². The third-order valence-corrected chi connectivity index (χ3v) is 6.75. The molecule has 190 valence electrons. The van der Waals surface area contributed by atoms with Gasteiger partial charge < -0.3 is 23.6 Å². The molecule has 0 aromatic rings. The first-order chi connectivity index (χ1) is 15.6. The van der Waals surface area contributed by atoms with Crippen molar-refractivity contribution in [2.45, 2.75) is 83.5 Å². The molecular weight excluding hydrogens is 444 g/mol. The van der Waals surface area contributed by atoms with Gasteiger partial charge in [0.05, 0.1) is 31.7 Å². The maximum Gasteiger partial charge on any atom is 0.305 e. The Bertz CT molecular complexity index is 676. The number of oxime groups is 2. The van der Waals surface area contributed by atoms with Crippen LogP contribution in [0.5, 0.6) is 0 Å². The molecule has 0 aromatic heterocycles. The Morgan fingerprint density at radius 1 is 0.879 bits per heavy atom. The van der Waals surface area contributed by atoms with Gasteiger partial charge in [0.2, 0.25) is 0 Å². The SMILES string of the molecule is CO/N=C(/CCCCC(=O)OC)CC[C@H]1[C@H](O[Si](C)(C)C)C/C(=N\OC)[C@@H]1CCC(=O)OC. The van der Waals surface area contributed by atoms with Crippen molar-refractivity contribution >= 4 is 31.7 Å². The molecule has 1 saturated carbocycles. The monoisotopic (exact) mass is 486 g/mol. The number of unbranched alkanes of at least 4 members (excludes halogenated alkanes) is 1. The van der Waals surface area contributed by atoms with Gasteiger partial charge >= 0.3 is 11.9 Å². The number of carbonyl (C=O) groups excluding carboxylic acids is 2. The van der Waals surface area contributed by atoms with Crippen LogP contribution in [0.1, 0.15) is 57.8 Å². The van der Waals surface area contributed by atoms with Gasteiger partial charge in [0, 0.05) is 25.2 Å². The third kappa shape index (κ3) is 11.2. The van der Waals surface area contributed by atoms with Gasteiger partial charge in [-0.25, -0.2) is 0 Å². The Morgan fingerprint density at radius 3 is 2.09 bits per heavy atom. The molecule has 0 N–H and O–H groups in total. The number of nitrogens with zero attached hydrogens (tertiary/aromatic N) is 2. The van der Waals surface area contributed by atoms with Gasteiger partial charge in [-0.1, -0.05) is 10.3 Å². The van der Waals surface area contributed by atoms with E-state index in [-0.39, 0.29) is 29.9 Å². The summed E-state index contributed by atoms with van der Waals surface area (Å²) in [6.45, 7) is 6.54. The quantitative estimate of drug-likeness (QED) is 0.112. The minimum absolute atomic E-state index is 0.0244. The fourth-order valence-electron chi connectivity index (χ4n) is 4.34. The second-order valence-corrected chi connectivity index (χ2v) is 13.7. The molecule has 3 atom stereocenters. The maximum absolute atomic E-state index is 11.8. The number of esters is 2. The lowest BCUT2D eigenvalue weighted by Gasteiger charge is -2.30. The van der Waals surface area contributed by atoms with E-state index in [9.17, 15) is 9.59 Å². The highest BCUT2D eigenvalue weighted by Crippen LogP contribution is 2.40. The second-order valence-electron chi connectivity index (χ2n) is 9.29. The van der Waals surface area contributed by atoms with E-state index in [0.29, 0.717) is 25.7 Å². The average Bonchev–Trinajstić information content (AvgIpc) is 3.07. The summed E-state index contributed by atoms with van der Waals surface area (Å²) in [5, 5.41) is 8.52. The molecule has 1 aliphatic rings. The van der Waals surface area contributed by atoms with E-state index in [1.54, 1.807) is 14.2 Å². The largest absolute Gasteiger partial charge is 0.469 e. The molecule has 0 bridgehead atoms. The summed E-state index contributed by atoms with van der Waals surface area (Å²) < 4.78 is 16.1. The minimum atomic E-state index is -1.80. The number of rotatable bonds is 15. The van der Waals surface area contributed by atoms with Gasteiger partial charge in [-0.05, 0) is 64.1 Å². The summed E-state index contributed by atoms with van der Waals surface area (Å²) in [5.74, 6) is -0.163. The van der Waals surface area contributed by atoms with Crippen LogP contribution < -0.4 is 0 Å². The zero-order chi connectivity index (χ0) is 24.9. The molecule has 1 rings (SSSR count). The van der Waals surface area contributed by atoms with Gasteiger partial charge in [0.25, 0.3) is 0 Å². The van der Waals surface area contributed by atoms with Crippen molar-refractivity contribution in [2.75, 3.05) is 28.4 Å². The second kappa shape index (κ2) is 15.1. The van der Waals surface area contributed by atoms with Gasteiger partial charge in [-0.3, -0.25) is 9.59 Å². The summed E-state index contributed by atoms with van der Waals surface area (Å²) in [6, 6.07) is 0. The lowest BCUT2D eigenvalue weighted by Crippen LogP contribution is -2.35. The van der Waals surface area contributed by atoms with Gasteiger partial charge in [-0.15, -0.1) is 0 Å².